The second-order valence-corrected chi connectivity index (χ2v) is 4.41. The molecule has 0 aliphatic carbocycles. The Labute approximate surface area is 117 Å². The molecule has 4 nitrogen and oxygen atoms in total. The van der Waals surface area contributed by atoms with Crippen LogP contribution >= 0.6 is 12.6 Å². The van der Waals surface area contributed by atoms with Crippen molar-refractivity contribution < 1.29 is 14.7 Å². The van der Waals surface area contributed by atoms with Gasteiger partial charge in [0, 0.05) is 14.1 Å². The van der Waals surface area contributed by atoms with Gasteiger partial charge in [-0.25, -0.2) is 4.79 Å². The number of aliphatic carboxylic acids is 1. The fourth-order valence-corrected chi connectivity index (χ4v) is 1.76. The van der Waals surface area contributed by atoms with Gasteiger partial charge in [0.25, 0.3) is 0 Å². The summed E-state index contributed by atoms with van der Waals surface area (Å²) in [5.41, 5.74) is 1.02. The molecule has 0 amide bonds. The minimum absolute atomic E-state index is 0.120. The van der Waals surface area contributed by atoms with E-state index in [9.17, 15) is 14.7 Å². The lowest BCUT2D eigenvalue weighted by molar-refractivity contribution is -0.130. The van der Waals surface area contributed by atoms with Crippen LogP contribution < -0.4 is 0 Å². The van der Waals surface area contributed by atoms with Crippen LogP contribution in [0.4, 0.5) is 0 Å². The van der Waals surface area contributed by atoms with Crippen LogP contribution in [0.2, 0.25) is 0 Å². The molecule has 0 saturated heterocycles. The van der Waals surface area contributed by atoms with Crippen molar-refractivity contribution in [2.45, 2.75) is 0 Å². The summed E-state index contributed by atoms with van der Waals surface area (Å²) in [5, 5.41) is 8.78. The van der Waals surface area contributed by atoms with Crippen molar-refractivity contribution >= 4 is 29.3 Å². The second-order valence-electron chi connectivity index (χ2n) is 4.00. The summed E-state index contributed by atoms with van der Waals surface area (Å²) in [4.78, 5) is 24.1. The molecule has 1 rings (SSSR count). The van der Waals surface area contributed by atoms with Gasteiger partial charge in [-0.1, -0.05) is 43.0 Å². The highest BCUT2D eigenvalue weighted by atomic mass is 32.1. The molecule has 1 aromatic rings. The number of carbonyl (C=O) groups is 2. The normalized spacial score (nSPS) is 12.2. The molecule has 1 aromatic carbocycles. The van der Waals surface area contributed by atoms with Crippen molar-refractivity contribution in [3.63, 3.8) is 0 Å². The molecular weight excluding hydrogens is 262 g/mol. The SMILES string of the molecule is CN(C)C(=CC=C(C(=O)O)c1ccccc1)C(=O)S. The number of allylic oxidation sites excluding steroid dienone is 2. The molecule has 0 spiro atoms. The van der Waals surface area contributed by atoms with Crippen molar-refractivity contribution in [1.29, 1.82) is 0 Å². The molecule has 0 saturated carbocycles. The van der Waals surface area contributed by atoms with Crippen molar-refractivity contribution in [1.82, 2.24) is 4.90 Å². The van der Waals surface area contributed by atoms with Gasteiger partial charge in [0.05, 0.1) is 11.3 Å². The molecule has 0 aromatic heterocycles. The molecule has 0 radical (unpaired) electrons. The fourth-order valence-electron chi connectivity index (χ4n) is 1.48. The Morgan fingerprint density at radius 2 is 1.74 bits per heavy atom. The third-order valence-electron chi connectivity index (χ3n) is 2.42. The number of nitrogens with zero attached hydrogens (tertiary/aromatic N) is 1. The van der Waals surface area contributed by atoms with E-state index < -0.39 is 11.1 Å². The monoisotopic (exact) mass is 277 g/mol. The number of benzene rings is 1. The summed E-state index contributed by atoms with van der Waals surface area (Å²) >= 11 is 3.75. The third-order valence-corrected chi connectivity index (χ3v) is 2.65. The zero-order valence-corrected chi connectivity index (χ0v) is 11.6. The van der Waals surface area contributed by atoms with Crippen LogP contribution in [0.5, 0.6) is 0 Å². The van der Waals surface area contributed by atoms with Gasteiger partial charge in [0.2, 0.25) is 5.12 Å². The van der Waals surface area contributed by atoms with E-state index in [0.29, 0.717) is 11.3 Å². The van der Waals surface area contributed by atoms with Gasteiger partial charge in [-0.15, -0.1) is 0 Å². The fraction of sp³-hybridized carbons (Fsp3) is 0.143. The lowest BCUT2D eigenvalue weighted by Gasteiger charge is -2.12. The van der Waals surface area contributed by atoms with Gasteiger partial charge >= 0.3 is 5.97 Å². The number of thiol groups is 1. The first-order valence-electron chi connectivity index (χ1n) is 5.54. The number of likely N-dealkylation sites (N-methyl/N-ethyl adjacent to an activating group) is 1. The molecule has 0 aliphatic rings. The quantitative estimate of drug-likeness (QED) is 0.491. The number of carbonyl (C=O) groups excluding carboxylic acids is 1. The van der Waals surface area contributed by atoms with Crippen molar-refractivity contribution in [2.75, 3.05) is 14.1 Å². The van der Waals surface area contributed by atoms with E-state index in [4.69, 9.17) is 0 Å². The van der Waals surface area contributed by atoms with Crippen LogP contribution in [0.25, 0.3) is 5.57 Å². The third kappa shape index (κ3) is 4.30. The highest BCUT2D eigenvalue weighted by Crippen LogP contribution is 2.15. The first kappa shape index (κ1) is 15.0. The Morgan fingerprint density at radius 1 is 1.16 bits per heavy atom. The number of carboxylic acids is 1. The summed E-state index contributed by atoms with van der Waals surface area (Å²) in [6.07, 6.45) is 2.85. The van der Waals surface area contributed by atoms with Crippen LogP contribution in [0.3, 0.4) is 0 Å². The van der Waals surface area contributed by atoms with Crippen molar-refractivity contribution in [3.8, 4) is 0 Å². The maximum atomic E-state index is 11.3. The molecular formula is C14H15NO3S. The second kappa shape index (κ2) is 6.80. The van der Waals surface area contributed by atoms with Gasteiger partial charge in [-0.05, 0) is 17.7 Å². The molecule has 100 valence electrons. The van der Waals surface area contributed by atoms with Crippen LogP contribution in [0, 0.1) is 0 Å². The van der Waals surface area contributed by atoms with E-state index in [2.05, 4.69) is 12.6 Å². The van der Waals surface area contributed by atoms with Gasteiger partial charge in [0.1, 0.15) is 0 Å². The summed E-state index contributed by atoms with van der Waals surface area (Å²) in [7, 11) is 3.38. The lowest BCUT2D eigenvalue weighted by Crippen LogP contribution is -2.15. The maximum Gasteiger partial charge on any atom is 0.336 e. The molecule has 0 bridgehead atoms. The lowest BCUT2D eigenvalue weighted by atomic mass is 10.1. The number of carboxylic acid groups (broad SMARTS) is 1. The highest BCUT2D eigenvalue weighted by molar-refractivity contribution is 7.97. The molecule has 5 heteroatoms. The predicted octanol–water partition coefficient (Wildman–Crippen LogP) is 2.06. The van der Waals surface area contributed by atoms with E-state index in [-0.39, 0.29) is 5.57 Å². The standard InChI is InChI=1S/C14H15NO3S/c1-15(2)12(14(18)19)9-8-11(13(16)17)10-6-4-3-5-7-10/h3-9H,1-2H3,(H,16,17)(H,18,19). The highest BCUT2D eigenvalue weighted by Gasteiger charge is 2.10. The van der Waals surface area contributed by atoms with Crippen LogP contribution in [0.1, 0.15) is 5.56 Å². The van der Waals surface area contributed by atoms with Crippen molar-refractivity contribution in [3.05, 3.63) is 53.7 Å². The summed E-state index contributed by atoms with van der Waals surface area (Å²) in [6, 6.07) is 8.72. The van der Waals surface area contributed by atoms with Crippen LogP contribution in [-0.2, 0) is 9.59 Å². The zero-order chi connectivity index (χ0) is 14.4. The first-order valence-corrected chi connectivity index (χ1v) is 5.99. The molecule has 0 aliphatic heterocycles. The van der Waals surface area contributed by atoms with Gasteiger partial charge < -0.3 is 10.0 Å². The van der Waals surface area contributed by atoms with Gasteiger partial charge in [0.15, 0.2) is 0 Å². The summed E-state index contributed by atoms with van der Waals surface area (Å²) < 4.78 is 0. The number of hydrogen-bond acceptors (Lipinski definition) is 3. The number of rotatable bonds is 5. The Balaban J connectivity index is 3.21. The average Bonchev–Trinajstić information content (AvgIpc) is 2.34. The minimum Gasteiger partial charge on any atom is -0.478 e. The van der Waals surface area contributed by atoms with Gasteiger partial charge in [-0.2, -0.15) is 0 Å². The summed E-state index contributed by atoms with van der Waals surface area (Å²) in [5.74, 6) is -1.05. The molecule has 19 heavy (non-hydrogen) atoms. The number of hydrogen-bond donors (Lipinski definition) is 2. The molecule has 1 N–H and O–H groups in total. The predicted molar refractivity (Wildman–Crippen MR) is 77.8 cm³/mol. The van der Waals surface area contributed by atoms with Crippen LogP contribution in [0.15, 0.2) is 48.2 Å². The Kier molecular flexibility index (Phi) is 5.38. The van der Waals surface area contributed by atoms with Gasteiger partial charge in [-0.3, -0.25) is 4.79 Å². The average molecular weight is 277 g/mol. The first-order chi connectivity index (χ1) is 8.93. The zero-order valence-electron chi connectivity index (χ0n) is 10.7. The molecule has 0 fully saturated rings. The van der Waals surface area contributed by atoms with E-state index in [1.807, 2.05) is 0 Å². The van der Waals surface area contributed by atoms with E-state index >= 15 is 0 Å². The Bertz CT molecular complexity index is 533. The minimum atomic E-state index is -1.05. The smallest absolute Gasteiger partial charge is 0.336 e. The van der Waals surface area contributed by atoms with Crippen LogP contribution in [-0.4, -0.2) is 35.2 Å². The largest absolute Gasteiger partial charge is 0.478 e. The van der Waals surface area contributed by atoms with E-state index in [1.54, 1.807) is 49.3 Å². The molecule has 0 unspecified atom stereocenters. The molecule has 0 heterocycles. The Morgan fingerprint density at radius 3 is 2.16 bits per heavy atom. The van der Waals surface area contributed by atoms with Crippen molar-refractivity contribution in [2.24, 2.45) is 0 Å². The van der Waals surface area contributed by atoms with E-state index in [1.165, 1.54) is 12.2 Å². The topological polar surface area (TPSA) is 57.6 Å². The molecule has 0 atom stereocenters. The van der Waals surface area contributed by atoms with E-state index in [0.717, 1.165) is 0 Å². The maximum absolute atomic E-state index is 11.3. The summed E-state index contributed by atoms with van der Waals surface area (Å²) in [6.45, 7) is 0. The Hall–Kier alpha value is -2.01.